The van der Waals surface area contributed by atoms with Gasteiger partial charge in [-0.3, -0.25) is 14.2 Å². The first-order valence-electron chi connectivity index (χ1n) is 7.24. The molecule has 3 rings (SSSR count). The number of carbonyl (C=O) groups is 1. The Hall–Kier alpha value is -2.80. The van der Waals surface area contributed by atoms with E-state index in [1.165, 1.54) is 23.0 Å². The predicted molar refractivity (Wildman–Crippen MR) is 90.1 cm³/mol. The molecule has 0 aliphatic carbocycles. The van der Waals surface area contributed by atoms with E-state index < -0.39 is 11.4 Å². The Kier molecular flexibility index (Phi) is 4.81. The average molecular weight is 343 g/mol. The number of carbonyl (C=O) groups excluding carboxylic acids is 1. The molecule has 0 fully saturated rings. The lowest BCUT2D eigenvalue weighted by molar-refractivity contribution is -0.121. The van der Waals surface area contributed by atoms with Gasteiger partial charge in [0.05, 0.1) is 18.6 Å². The van der Waals surface area contributed by atoms with Gasteiger partial charge in [-0.2, -0.15) is 0 Å². The number of thiophene rings is 1. The molecular weight excluding hydrogens is 329 g/mol. The van der Waals surface area contributed by atoms with Gasteiger partial charge in [0.25, 0.3) is 5.56 Å². The van der Waals surface area contributed by atoms with Crippen LogP contribution in [-0.2, 0) is 17.9 Å². The predicted octanol–water partition coefficient (Wildman–Crippen LogP) is 2.43. The first kappa shape index (κ1) is 16.1. The molecule has 0 spiro atoms. The minimum Gasteiger partial charge on any atom is -0.350 e. The quantitative estimate of drug-likeness (QED) is 0.774. The third kappa shape index (κ3) is 3.75. The van der Waals surface area contributed by atoms with E-state index in [-0.39, 0.29) is 23.7 Å². The van der Waals surface area contributed by atoms with Crippen molar-refractivity contribution in [3.8, 4) is 11.3 Å². The molecule has 1 N–H and O–H groups in total. The summed E-state index contributed by atoms with van der Waals surface area (Å²) in [7, 11) is 0. The van der Waals surface area contributed by atoms with Gasteiger partial charge in [-0.1, -0.05) is 18.2 Å². The highest BCUT2D eigenvalue weighted by atomic mass is 32.1. The van der Waals surface area contributed by atoms with Crippen molar-refractivity contribution >= 4 is 17.2 Å². The topological polar surface area (TPSA) is 64.0 Å². The van der Waals surface area contributed by atoms with Crippen LogP contribution < -0.4 is 10.9 Å². The van der Waals surface area contributed by atoms with E-state index >= 15 is 0 Å². The van der Waals surface area contributed by atoms with E-state index in [1.54, 1.807) is 29.5 Å². The van der Waals surface area contributed by atoms with E-state index in [0.717, 1.165) is 4.88 Å². The normalized spacial score (nSPS) is 10.5. The summed E-state index contributed by atoms with van der Waals surface area (Å²) in [6, 6.07) is 11.1. The van der Waals surface area contributed by atoms with Crippen LogP contribution >= 0.6 is 11.3 Å². The van der Waals surface area contributed by atoms with Crippen LogP contribution in [0.15, 0.2) is 59.0 Å². The molecule has 0 aliphatic rings. The highest BCUT2D eigenvalue weighted by Gasteiger charge is 2.09. The van der Waals surface area contributed by atoms with Crippen LogP contribution in [0.1, 0.15) is 4.88 Å². The molecule has 0 bridgehead atoms. The lowest BCUT2D eigenvalue weighted by atomic mass is 10.1. The molecule has 1 aromatic carbocycles. The minimum absolute atomic E-state index is 0.130. The molecular formula is C17H14FN3O2S. The molecule has 24 heavy (non-hydrogen) atoms. The molecule has 1 amide bonds. The van der Waals surface area contributed by atoms with Crippen molar-refractivity contribution in [2.45, 2.75) is 13.1 Å². The zero-order valence-corrected chi connectivity index (χ0v) is 13.4. The van der Waals surface area contributed by atoms with Gasteiger partial charge in [0.2, 0.25) is 5.91 Å². The van der Waals surface area contributed by atoms with E-state index in [9.17, 15) is 14.0 Å². The molecule has 0 aliphatic heterocycles. The molecule has 5 nitrogen and oxygen atoms in total. The number of nitrogens with one attached hydrogen (secondary N) is 1. The van der Waals surface area contributed by atoms with E-state index in [2.05, 4.69) is 10.3 Å². The Morgan fingerprint density at radius 1 is 1.25 bits per heavy atom. The fourth-order valence-corrected chi connectivity index (χ4v) is 2.81. The number of hydrogen-bond donors (Lipinski definition) is 1. The van der Waals surface area contributed by atoms with Crippen LogP contribution in [0.4, 0.5) is 4.39 Å². The Bertz CT molecular complexity index is 906. The minimum atomic E-state index is -0.448. The smallest absolute Gasteiger partial charge is 0.254 e. The maximum absolute atomic E-state index is 13.7. The standard InChI is InChI=1S/C17H14FN3O2S/c18-14-6-2-1-5-13(14)15-8-17(23)21(11-20-15)10-16(22)19-9-12-4-3-7-24-12/h1-8,11H,9-10H2,(H,19,22). The zero-order valence-electron chi connectivity index (χ0n) is 12.6. The first-order chi connectivity index (χ1) is 11.6. The Morgan fingerprint density at radius 2 is 2.08 bits per heavy atom. The molecule has 122 valence electrons. The summed E-state index contributed by atoms with van der Waals surface area (Å²) in [6.07, 6.45) is 1.26. The van der Waals surface area contributed by atoms with Gasteiger partial charge >= 0.3 is 0 Å². The second kappa shape index (κ2) is 7.18. The molecule has 3 aromatic rings. The number of halogens is 1. The number of nitrogens with zero attached hydrogens (tertiary/aromatic N) is 2. The number of amides is 1. The molecule has 0 saturated carbocycles. The molecule has 2 aromatic heterocycles. The number of benzene rings is 1. The Balaban J connectivity index is 1.70. The van der Waals surface area contributed by atoms with Crippen molar-refractivity contribution in [3.63, 3.8) is 0 Å². The first-order valence-corrected chi connectivity index (χ1v) is 8.12. The van der Waals surface area contributed by atoms with E-state index in [1.807, 2.05) is 17.5 Å². The van der Waals surface area contributed by atoms with Crippen LogP contribution in [0, 0.1) is 5.82 Å². The van der Waals surface area contributed by atoms with Gasteiger partial charge in [-0.25, -0.2) is 9.37 Å². The summed E-state index contributed by atoms with van der Waals surface area (Å²) >= 11 is 1.54. The third-order valence-corrected chi connectivity index (χ3v) is 4.26. The number of hydrogen-bond acceptors (Lipinski definition) is 4. The number of rotatable bonds is 5. The van der Waals surface area contributed by atoms with Gasteiger partial charge < -0.3 is 5.32 Å². The fraction of sp³-hybridized carbons (Fsp3) is 0.118. The van der Waals surface area contributed by atoms with Gasteiger partial charge in [0, 0.05) is 16.5 Å². The summed E-state index contributed by atoms with van der Waals surface area (Å²) in [6.45, 7) is 0.292. The van der Waals surface area contributed by atoms with Gasteiger partial charge in [0.15, 0.2) is 0 Å². The monoisotopic (exact) mass is 343 g/mol. The van der Waals surface area contributed by atoms with Crippen molar-refractivity contribution in [3.05, 3.63) is 75.2 Å². The maximum Gasteiger partial charge on any atom is 0.254 e. The lowest BCUT2D eigenvalue weighted by Gasteiger charge is -2.07. The van der Waals surface area contributed by atoms with Crippen molar-refractivity contribution in [2.24, 2.45) is 0 Å². The molecule has 0 atom stereocenters. The Morgan fingerprint density at radius 3 is 2.79 bits per heavy atom. The SMILES string of the molecule is O=C(Cn1cnc(-c2ccccc2F)cc1=O)NCc1cccs1. The third-order valence-electron chi connectivity index (χ3n) is 3.38. The summed E-state index contributed by atoms with van der Waals surface area (Å²) in [5.74, 6) is -0.734. The summed E-state index contributed by atoms with van der Waals surface area (Å²) in [5.41, 5.74) is 0.0896. The van der Waals surface area contributed by atoms with Crippen LogP contribution in [0.2, 0.25) is 0 Å². The summed E-state index contributed by atoms with van der Waals surface area (Å²) in [5, 5.41) is 4.67. The molecule has 0 saturated heterocycles. The molecule has 0 radical (unpaired) electrons. The van der Waals surface area contributed by atoms with Crippen molar-refractivity contribution in [2.75, 3.05) is 0 Å². The van der Waals surface area contributed by atoms with Gasteiger partial charge in [-0.05, 0) is 23.6 Å². The fourth-order valence-electron chi connectivity index (χ4n) is 2.17. The maximum atomic E-state index is 13.7. The molecule has 7 heteroatoms. The Labute approximate surface area is 141 Å². The number of aromatic nitrogens is 2. The van der Waals surface area contributed by atoms with Crippen LogP contribution in [0.5, 0.6) is 0 Å². The molecule has 2 heterocycles. The second-order valence-corrected chi connectivity index (χ2v) is 6.11. The van der Waals surface area contributed by atoms with E-state index in [4.69, 9.17) is 0 Å². The average Bonchev–Trinajstić information content (AvgIpc) is 3.09. The van der Waals surface area contributed by atoms with Crippen molar-refractivity contribution in [1.82, 2.24) is 14.9 Å². The summed E-state index contributed by atoms with van der Waals surface area (Å²) < 4.78 is 14.9. The highest BCUT2D eigenvalue weighted by molar-refractivity contribution is 7.09. The van der Waals surface area contributed by atoms with Crippen LogP contribution in [0.25, 0.3) is 11.3 Å². The summed E-state index contributed by atoms with van der Waals surface area (Å²) in [4.78, 5) is 29.1. The van der Waals surface area contributed by atoms with Crippen LogP contribution in [-0.4, -0.2) is 15.5 Å². The molecule has 0 unspecified atom stereocenters. The lowest BCUT2D eigenvalue weighted by Crippen LogP contribution is -2.31. The van der Waals surface area contributed by atoms with Crippen molar-refractivity contribution < 1.29 is 9.18 Å². The second-order valence-electron chi connectivity index (χ2n) is 5.08. The van der Waals surface area contributed by atoms with E-state index in [0.29, 0.717) is 6.54 Å². The van der Waals surface area contributed by atoms with Crippen molar-refractivity contribution in [1.29, 1.82) is 0 Å². The van der Waals surface area contributed by atoms with Gasteiger partial charge in [0.1, 0.15) is 12.4 Å². The zero-order chi connectivity index (χ0) is 16.9. The largest absolute Gasteiger partial charge is 0.350 e. The highest BCUT2D eigenvalue weighted by Crippen LogP contribution is 2.18. The van der Waals surface area contributed by atoms with Crippen LogP contribution in [0.3, 0.4) is 0 Å². The van der Waals surface area contributed by atoms with Gasteiger partial charge in [-0.15, -0.1) is 11.3 Å².